The molecule has 0 N–H and O–H groups in total. The van der Waals surface area contributed by atoms with Gasteiger partial charge in [0, 0.05) is 23.1 Å². The molecule has 5 aliphatic rings. The largest absolute Gasteiger partial charge is 0.282 e. The van der Waals surface area contributed by atoms with Crippen LogP contribution in [0.4, 0.5) is 11.6 Å². The zero-order chi connectivity index (χ0) is 31.8. The van der Waals surface area contributed by atoms with Crippen LogP contribution >= 0.6 is 0 Å². The van der Waals surface area contributed by atoms with Crippen LogP contribution in [0.3, 0.4) is 0 Å². The van der Waals surface area contributed by atoms with Gasteiger partial charge in [-0.2, -0.15) is 9.97 Å². The molecule has 48 heavy (non-hydrogen) atoms. The van der Waals surface area contributed by atoms with Gasteiger partial charge in [-0.25, -0.2) is 4.98 Å². The second-order valence-corrected chi connectivity index (χ2v) is 13.7. The fourth-order valence-electron chi connectivity index (χ4n) is 8.78. The molecule has 2 heterocycles. The van der Waals surface area contributed by atoms with Gasteiger partial charge >= 0.3 is 0 Å². The second kappa shape index (κ2) is 10.7. The van der Waals surface area contributed by atoms with Crippen molar-refractivity contribution in [2.75, 3.05) is 4.90 Å². The van der Waals surface area contributed by atoms with E-state index >= 15 is 0 Å². The van der Waals surface area contributed by atoms with Gasteiger partial charge in [-0.15, -0.1) is 0 Å². The highest BCUT2D eigenvalue weighted by molar-refractivity contribution is 5.89. The molecular formula is C44H34N4. The third-order valence-corrected chi connectivity index (χ3v) is 10.8. The Labute approximate surface area is 281 Å². The maximum Gasteiger partial charge on any atom is 0.238 e. The third kappa shape index (κ3) is 4.18. The lowest BCUT2D eigenvalue weighted by molar-refractivity contribution is 0.441. The van der Waals surface area contributed by atoms with E-state index in [9.17, 15) is 0 Å². The number of allylic oxidation sites excluding steroid dienone is 10. The molecule has 1 aliphatic heterocycles. The van der Waals surface area contributed by atoms with Gasteiger partial charge in [0.05, 0.1) is 5.69 Å². The van der Waals surface area contributed by atoms with Crippen LogP contribution in [0.25, 0.3) is 33.7 Å². The first-order valence-electron chi connectivity index (χ1n) is 17.1. The molecule has 4 heteroatoms. The zero-order valence-corrected chi connectivity index (χ0v) is 26.8. The van der Waals surface area contributed by atoms with Crippen molar-refractivity contribution < 1.29 is 0 Å². The van der Waals surface area contributed by atoms with Crippen molar-refractivity contribution in [1.29, 1.82) is 0 Å². The SMILES string of the molecule is CC1C=CC=C(c2nc(-c3ccccc3)nc(N3C4=CC=C5C=C(c6ccccc6)CC6c7ccccc7-c7cccc3c7C4C56)n2)C1. The molecule has 0 saturated carbocycles. The van der Waals surface area contributed by atoms with Crippen LogP contribution in [0.15, 0.2) is 151 Å². The average Bonchev–Trinajstić information content (AvgIpc) is 3.43. The monoisotopic (exact) mass is 618 g/mol. The quantitative estimate of drug-likeness (QED) is 0.201. The maximum absolute atomic E-state index is 5.28. The first kappa shape index (κ1) is 27.5. The van der Waals surface area contributed by atoms with E-state index < -0.39 is 0 Å². The number of anilines is 2. The predicted molar refractivity (Wildman–Crippen MR) is 194 cm³/mol. The molecule has 0 fully saturated rings. The fraction of sp³-hybridized carbons (Fsp3) is 0.159. The van der Waals surface area contributed by atoms with E-state index in [1.165, 1.54) is 50.3 Å². The molecule has 4 atom stereocenters. The van der Waals surface area contributed by atoms with Crippen LogP contribution in [0.2, 0.25) is 0 Å². The van der Waals surface area contributed by atoms with E-state index in [4.69, 9.17) is 15.0 Å². The van der Waals surface area contributed by atoms with Crippen LogP contribution in [-0.2, 0) is 0 Å². The molecule has 230 valence electrons. The van der Waals surface area contributed by atoms with Gasteiger partial charge < -0.3 is 0 Å². The van der Waals surface area contributed by atoms with E-state index in [1.54, 1.807) is 0 Å². The Hall–Kier alpha value is -5.61. The fourth-order valence-corrected chi connectivity index (χ4v) is 8.78. The molecule has 0 radical (unpaired) electrons. The first-order chi connectivity index (χ1) is 23.7. The minimum atomic E-state index is 0.194. The van der Waals surface area contributed by atoms with Gasteiger partial charge in [-0.3, -0.25) is 4.90 Å². The van der Waals surface area contributed by atoms with Crippen LogP contribution in [-0.4, -0.2) is 15.0 Å². The number of aromatic nitrogens is 3. The average molecular weight is 619 g/mol. The van der Waals surface area contributed by atoms with Gasteiger partial charge in [0.1, 0.15) is 0 Å². The predicted octanol–water partition coefficient (Wildman–Crippen LogP) is 10.4. The highest BCUT2D eigenvalue weighted by atomic mass is 15.3. The van der Waals surface area contributed by atoms with Gasteiger partial charge in [0.25, 0.3) is 0 Å². The van der Waals surface area contributed by atoms with Crippen molar-refractivity contribution >= 4 is 22.8 Å². The zero-order valence-electron chi connectivity index (χ0n) is 26.8. The van der Waals surface area contributed by atoms with Gasteiger partial charge in [-0.05, 0) is 81.4 Å². The van der Waals surface area contributed by atoms with Crippen LogP contribution < -0.4 is 4.90 Å². The van der Waals surface area contributed by atoms with Crippen LogP contribution in [0.1, 0.15) is 54.1 Å². The number of benzene rings is 4. The van der Waals surface area contributed by atoms with Crippen molar-refractivity contribution in [2.24, 2.45) is 11.8 Å². The molecule has 4 unspecified atom stereocenters. The topological polar surface area (TPSA) is 41.9 Å². The van der Waals surface area contributed by atoms with Crippen molar-refractivity contribution in [1.82, 2.24) is 15.0 Å². The Morgan fingerprint density at radius 3 is 2.23 bits per heavy atom. The molecule has 0 amide bonds. The molecule has 10 rings (SSSR count). The highest BCUT2D eigenvalue weighted by Crippen LogP contribution is 2.64. The number of hydrogen-bond acceptors (Lipinski definition) is 4. The number of rotatable bonds is 4. The lowest BCUT2D eigenvalue weighted by Gasteiger charge is -2.39. The van der Waals surface area contributed by atoms with E-state index in [1.807, 2.05) is 6.07 Å². The molecule has 4 nitrogen and oxygen atoms in total. The normalized spacial score (nSPS) is 22.9. The summed E-state index contributed by atoms with van der Waals surface area (Å²) in [4.78, 5) is 17.9. The van der Waals surface area contributed by atoms with Crippen molar-refractivity contribution in [3.05, 3.63) is 173 Å². The minimum absolute atomic E-state index is 0.194. The standard InChI is InChI=1S/C44H34N4/c1-27-12-10-17-31(24-27)43-45-42(29-15-6-3-7-16-29)46-44(47-43)48-37-21-11-20-35-33-18-8-9-19-34(33)36-26-32(28-13-4-2-5-14-28)25-30-22-23-38(48)41(39(30)36)40(35)37/h2-23,25,27,36,39,41H,24,26H2,1H3. The van der Waals surface area contributed by atoms with Gasteiger partial charge in [0.2, 0.25) is 5.95 Å². The Morgan fingerprint density at radius 1 is 0.646 bits per heavy atom. The summed E-state index contributed by atoms with van der Waals surface area (Å²) in [5.74, 6) is 3.43. The van der Waals surface area contributed by atoms with Crippen LogP contribution in [0.5, 0.6) is 0 Å². The van der Waals surface area contributed by atoms with Crippen LogP contribution in [0, 0.1) is 11.8 Å². The van der Waals surface area contributed by atoms with E-state index in [2.05, 4.69) is 145 Å². The van der Waals surface area contributed by atoms with Crippen molar-refractivity contribution in [3.8, 4) is 22.5 Å². The van der Waals surface area contributed by atoms with E-state index in [0.717, 1.165) is 29.8 Å². The molecule has 4 aliphatic carbocycles. The molecule has 0 saturated heterocycles. The Kier molecular flexibility index (Phi) is 6.14. The first-order valence-corrected chi connectivity index (χ1v) is 17.1. The summed E-state index contributed by atoms with van der Waals surface area (Å²) in [5.41, 5.74) is 14.2. The summed E-state index contributed by atoms with van der Waals surface area (Å²) in [6.07, 6.45) is 15.7. The number of hydrogen-bond donors (Lipinski definition) is 0. The molecule has 1 aromatic heterocycles. The summed E-state index contributed by atoms with van der Waals surface area (Å²) in [5, 5.41) is 0. The Bertz CT molecular complexity index is 2270. The maximum atomic E-state index is 5.28. The van der Waals surface area contributed by atoms with E-state index in [0.29, 0.717) is 29.5 Å². The summed E-state index contributed by atoms with van der Waals surface area (Å²) >= 11 is 0. The molecule has 0 bridgehead atoms. The summed E-state index contributed by atoms with van der Waals surface area (Å²) in [6, 6.07) is 37.2. The van der Waals surface area contributed by atoms with Crippen molar-refractivity contribution in [3.63, 3.8) is 0 Å². The van der Waals surface area contributed by atoms with Crippen molar-refractivity contribution in [2.45, 2.75) is 31.6 Å². The summed E-state index contributed by atoms with van der Waals surface area (Å²) < 4.78 is 0. The summed E-state index contributed by atoms with van der Waals surface area (Å²) in [7, 11) is 0. The number of nitrogens with zero attached hydrogens (tertiary/aromatic N) is 4. The lowest BCUT2D eigenvalue weighted by Crippen LogP contribution is -2.29. The van der Waals surface area contributed by atoms with E-state index in [-0.39, 0.29) is 5.92 Å². The molecule has 4 aromatic carbocycles. The molecular weight excluding hydrogens is 585 g/mol. The second-order valence-electron chi connectivity index (χ2n) is 13.7. The van der Waals surface area contributed by atoms with Gasteiger partial charge in [-0.1, -0.05) is 134 Å². The smallest absolute Gasteiger partial charge is 0.238 e. The Morgan fingerprint density at radius 2 is 1.40 bits per heavy atom. The molecule has 5 aromatic rings. The Balaban J connectivity index is 1.22. The highest BCUT2D eigenvalue weighted by Gasteiger charge is 2.50. The molecule has 0 spiro atoms. The summed E-state index contributed by atoms with van der Waals surface area (Å²) in [6.45, 7) is 2.25. The lowest BCUT2D eigenvalue weighted by atomic mass is 9.64. The third-order valence-electron chi connectivity index (χ3n) is 10.8. The van der Waals surface area contributed by atoms with Gasteiger partial charge in [0.15, 0.2) is 11.6 Å². The minimum Gasteiger partial charge on any atom is -0.282 e. The number of fused-ring (bicyclic) bond motifs is 3.